The van der Waals surface area contributed by atoms with Gasteiger partial charge in [0, 0.05) is 20.3 Å². The molecule has 3 fully saturated rings. The summed E-state index contributed by atoms with van der Waals surface area (Å²) in [5, 5.41) is 42.9. The molecule has 0 aromatic heterocycles. The highest BCUT2D eigenvalue weighted by atomic mass is 16.8. The predicted octanol–water partition coefficient (Wildman–Crippen LogP) is 2.12. The van der Waals surface area contributed by atoms with Gasteiger partial charge in [-0.25, -0.2) is 0 Å². The Morgan fingerprint density at radius 3 is 2.17 bits per heavy atom. The van der Waals surface area contributed by atoms with Gasteiger partial charge in [-0.3, -0.25) is 0 Å². The Balaban J connectivity index is 1.58. The third kappa shape index (κ3) is 5.05. The first-order valence-electron chi connectivity index (χ1n) is 11.2. The van der Waals surface area contributed by atoms with Crippen molar-refractivity contribution in [1.29, 1.82) is 0 Å². The third-order valence-corrected chi connectivity index (χ3v) is 6.55. The molecule has 0 radical (unpaired) electrons. The summed E-state index contributed by atoms with van der Waals surface area (Å²) in [5.41, 5.74) is 27.6. The second-order valence-corrected chi connectivity index (χ2v) is 8.70. The minimum Gasteiger partial charge on any atom is -0.390 e. The minimum atomic E-state index is -1.64. The Labute approximate surface area is 204 Å². The Morgan fingerprint density at radius 2 is 1.50 bits per heavy atom. The SMILES string of the molecule is CC1OC(c2ccccc2)O[C@@H]2C1O[C@H](O[C@@H]1C(N=[N+]=[N-])C[C@@H](N=[N+]=[N-])[C@@H](O)C1O)C(N=[N+]=[N-])[C@H]2O. The van der Waals surface area contributed by atoms with Crippen LogP contribution < -0.4 is 0 Å². The molecule has 4 rings (SSSR count). The maximum Gasteiger partial charge on any atom is 0.184 e. The van der Waals surface area contributed by atoms with Crippen molar-refractivity contribution in [3.63, 3.8) is 0 Å². The highest BCUT2D eigenvalue weighted by Crippen LogP contribution is 2.39. The number of ether oxygens (including phenoxy) is 4. The molecule has 192 valence electrons. The van der Waals surface area contributed by atoms with Crippen molar-refractivity contribution in [2.24, 2.45) is 15.3 Å². The van der Waals surface area contributed by atoms with Gasteiger partial charge in [0.05, 0.1) is 36.5 Å². The monoisotopic (exact) mass is 503 g/mol. The summed E-state index contributed by atoms with van der Waals surface area (Å²) in [6.07, 6.45) is -10.6. The first-order valence-corrected chi connectivity index (χ1v) is 11.2. The normalized spacial score (nSPS) is 42.1. The van der Waals surface area contributed by atoms with Gasteiger partial charge in [0.2, 0.25) is 0 Å². The molecule has 16 heteroatoms. The molecule has 0 spiro atoms. The van der Waals surface area contributed by atoms with Gasteiger partial charge in [-0.2, -0.15) is 0 Å². The number of rotatable bonds is 6. The van der Waals surface area contributed by atoms with Gasteiger partial charge in [-0.15, -0.1) is 0 Å². The standard InChI is InChI=1S/C20H25N9O7/c1-8-16-18(36-19(33-8)9-5-3-2-4-6-9)14(31)12(26-29-23)20(34-16)35-17-11(25-28-22)7-10(24-27-21)13(30)15(17)32/h2-6,8,10-20,30-32H,7H2,1H3/t8?,10-,11?,12?,13-,14-,15?,16?,17-,18+,19?,20-/m1/s1. The van der Waals surface area contributed by atoms with E-state index < -0.39 is 73.4 Å². The van der Waals surface area contributed by atoms with Crippen molar-refractivity contribution in [3.8, 4) is 0 Å². The zero-order valence-electron chi connectivity index (χ0n) is 19.0. The molecule has 2 heterocycles. The maximum atomic E-state index is 11.1. The molecule has 2 aliphatic heterocycles. The molecule has 1 aromatic rings. The Kier molecular flexibility index (Phi) is 8.14. The Bertz CT molecular complexity index is 1060. The smallest absolute Gasteiger partial charge is 0.184 e. The highest BCUT2D eigenvalue weighted by Gasteiger charge is 2.54. The fourth-order valence-electron chi connectivity index (χ4n) is 4.77. The number of benzene rings is 1. The molecule has 1 saturated carbocycles. The molecule has 3 aliphatic rings. The van der Waals surface area contributed by atoms with E-state index in [0.29, 0.717) is 0 Å². The summed E-state index contributed by atoms with van der Waals surface area (Å²) in [6, 6.07) is 5.64. The number of nitrogens with zero attached hydrogens (tertiary/aromatic N) is 9. The van der Waals surface area contributed by atoms with Gasteiger partial charge in [0.15, 0.2) is 12.6 Å². The van der Waals surface area contributed by atoms with E-state index in [1.165, 1.54) is 0 Å². The molecular formula is C20H25N9O7. The van der Waals surface area contributed by atoms with Crippen molar-refractivity contribution in [3.05, 3.63) is 67.2 Å². The van der Waals surface area contributed by atoms with Gasteiger partial charge in [0.1, 0.15) is 24.4 Å². The summed E-state index contributed by atoms with van der Waals surface area (Å²) in [4.78, 5) is 8.17. The van der Waals surface area contributed by atoms with E-state index in [2.05, 4.69) is 30.1 Å². The van der Waals surface area contributed by atoms with Gasteiger partial charge in [-0.1, -0.05) is 45.7 Å². The fraction of sp³-hybridized carbons (Fsp3) is 0.700. The van der Waals surface area contributed by atoms with E-state index in [9.17, 15) is 15.3 Å². The molecule has 3 N–H and O–H groups in total. The molecule has 1 aliphatic carbocycles. The van der Waals surface area contributed by atoms with Gasteiger partial charge in [-0.05, 0) is 29.9 Å². The number of azide groups is 3. The van der Waals surface area contributed by atoms with Crippen LogP contribution >= 0.6 is 0 Å². The summed E-state index contributed by atoms with van der Waals surface area (Å²) in [5.74, 6) is 0. The largest absolute Gasteiger partial charge is 0.390 e. The molecule has 2 saturated heterocycles. The molecule has 1 aromatic carbocycles. The van der Waals surface area contributed by atoms with Crippen LogP contribution in [0.2, 0.25) is 0 Å². The zero-order chi connectivity index (χ0) is 25.8. The van der Waals surface area contributed by atoms with Crippen molar-refractivity contribution < 1.29 is 34.3 Å². The van der Waals surface area contributed by atoms with Gasteiger partial charge >= 0.3 is 0 Å². The molecular weight excluding hydrogens is 478 g/mol. The lowest BCUT2D eigenvalue weighted by Crippen LogP contribution is -2.65. The summed E-state index contributed by atoms with van der Waals surface area (Å²) in [7, 11) is 0. The minimum absolute atomic E-state index is 0.119. The highest BCUT2D eigenvalue weighted by molar-refractivity contribution is 5.17. The van der Waals surface area contributed by atoms with E-state index in [1.807, 2.05) is 18.2 Å². The summed E-state index contributed by atoms with van der Waals surface area (Å²) in [6.45, 7) is 1.72. The van der Waals surface area contributed by atoms with Crippen LogP contribution in [0.15, 0.2) is 45.7 Å². The van der Waals surface area contributed by atoms with Crippen LogP contribution in [0.1, 0.15) is 25.2 Å². The quantitative estimate of drug-likeness (QED) is 0.296. The molecule has 16 nitrogen and oxygen atoms in total. The second kappa shape index (κ2) is 11.3. The summed E-state index contributed by atoms with van der Waals surface area (Å²) < 4.78 is 23.8. The van der Waals surface area contributed by atoms with Gasteiger partial charge in [0.25, 0.3) is 0 Å². The number of aliphatic hydroxyl groups is 3. The van der Waals surface area contributed by atoms with Crippen LogP contribution in [0.3, 0.4) is 0 Å². The topological polar surface area (TPSA) is 244 Å². The van der Waals surface area contributed by atoms with Crippen LogP contribution in [-0.4, -0.2) is 82.5 Å². The van der Waals surface area contributed by atoms with Crippen LogP contribution in [-0.2, 0) is 18.9 Å². The number of fused-ring (bicyclic) bond motifs is 1. The van der Waals surface area contributed by atoms with E-state index in [-0.39, 0.29) is 6.42 Å². The van der Waals surface area contributed by atoms with Crippen LogP contribution in [0.5, 0.6) is 0 Å². The molecule has 0 bridgehead atoms. The average Bonchev–Trinajstić information content (AvgIpc) is 2.88. The second-order valence-electron chi connectivity index (χ2n) is 8.70. The lowest BCUT2D eigenvalue weighted by molar-refractivity contribution is -0.368. The van der Waals surface area contributed by atoms with Crippen molar-refractivity contribution in [2.75, 3.05) is 0 Å². The molecule has 6 unspecified atom stereocenters. The van der Waals surface area contributed by atoms with E-state index in [0.717, 1.165) is 5.56 Å². The van der Waals surface area contributed by atoms with E-state index in [4.69, 9.17) is 35.5 Å². The van der Waals surface area contributed by atoms with Gasteiger partial charge < -0.3 is 34.3 Å². The number of hydrogen-bond acceptors (Lipinski definition) is 10. The third-order valence-electron chi connectivity index (χ3n) is 6.55. The maximum absolute atomic E-state index is 11.1. The van der Waals surface area contributed by atoms with Crippen molar-refractivity contribution in [2.45, 2.75) is 86.8 Å². The molecule has 0 amide bonds. The van der Waals surface area contributed by atoms with E-state index >= 15 is 0 Å². The zero-order valence-corrected chi connectivity index (χ0v) is 19.0. The van der Waals surface area contributed by atoms with E-state index in [1.54, 1.807) is 19.1 Å². The lowest BCUT2D eigenvalue weighted by Gasteiger charge is -2.50. The van der Waals surface area contributed by atoms with Crippen molar-refractivity contribution in [1.82, 2.24) is 0 Å². The van der Waals surface area contributed by atoms with Crippen LogP contribution in [0, 0.1) is 0 Å². The first kappa shape index (κ1) is 25.9. The Morgan fingerprint density at radius 1 is 0.833 bits per heavy atom. The fourth-order valence-corrected chi connectivity index (χ4v) is 4.77. The summed E-state index contributed by atoms with van der Waals surface area (Å²) >= 11 is 0. The van der Waals surface area contributed by atoms with Crippen LogP contribution in [0.25, 0.3) is 31.3 Å². The Hall–Kier alpha value is -3.13. The average molecular weight is 503 g/mol. The lowest BCUT2D eigenvalue weighted by atomic mass is 9.84. The number of hydrogen-bond donors (Lipinski definition) is 3. The van der Waals surface area contributed by atoms with Crippen LogP contribution in [0.4, 0.5) is 0 Å². The molecule has 36 heavy (non-hydrogen) atoms. The first-order chi connectivity index (χ1) is 17.4. The van der Waals surface area contributed by atoms with Crippen molar-refractivity contribution >= 4 is 0 Å². The number of aliphatic hydroxyl groups excluding tert-OH is 3. The molecule has 12 atom stereocenters. The predicted molar refractivity (Wildman–Crippen MR) is 120 cm³/mol.